The average molecular weight is 309 g/mol. The molecule has 0 radical (unpaired) electrons. The van der Waals surface area contributed by atoms with Crippen molar-refractivity contribution >= 4 is 11.6 Å². The summed E-state index contributed by atoms with van der Waals surface area (Å²) in [5.41, 5.74) is 1.79. The quantitative estimate of drug-likeness (QED) is 0.765. The first-order chi connectivity index (χ1) is 11.1. The van der Waals surface area contributed by atoms with Crippen molar-refractivity contribution < 1.29 is 4.79 Å². The maximum atomic E-state index is 12.0. The van der Waals surface area contributed by atoms with Crippen LogP contribution in [0.2, 0.25) is 0 Å². The molecule has 0 saturated heterocycles. The Kier molecular flexibility index (Phi) is 4.01. The number of benzene rings is 1. The number of rotatable bonds is 4. The van der Waals surface area contributed by atoms with E-state index < -0.39 is 0 Å². The van der Waals surface area contributed by atoms with Gasteiger partial charge in [0.15, 0.2) is 0 Å². The first-order valence-electron chi connectivity index (χ1n) is 7.04. The van der Waals surface area contributed by atoms with E-state index in [1.807, 2.05) is 6.07 Å². The summed E-state index contributed by atoms with van der Waals surface area (Å²) in [6, 6.07) is 8.60. The number of imidazole rings is 1. The largest absolute Gasteiger partial charge is 0.328 e. The third-order valence-electron chi connectivity index (χ3n) is 3.17. The lowest BCUT2D eigenvalue weighted by atomic mass is 10.2. The van der Waals surface area contributed by atoms with E-state index in [1.54, 1.807) is 48.4 Å². The number of anilines is 1. The van der Waals surface area contributed by atoms with Gasteiger partial charge in [-0.15, -0.1) is 0 Å². The molecule has 0 saturated carbocycles. The van der Waals surface area contributed by atoms with Gasteiger partial charge in [0.2, 0.25) is 5.91 Å². The number of H-pyrrole nitrogens is 1. The zero-order valence-electron chi connectivity index (χ0n) is 12.5. The predicted octanol–water partition coefficient (Wildman–Crippen LogP) is 1.58. The molecule has 0 unspecified atom stereocenters. The first-order valence-corrected chi connectivity index (χ1v) is 7.04. The Hall–Kier alpha value is -3.22. The highest BCUT2D eigenvalue weighted by molar-refractivity contribution is 5.91. The molecule has 2 heterocycles. The molecule has 2 aromatic heterocycles. The lowest BCUT2D eigenvalue weighted by Crippen LogP contribution is -2.17. The van der Waals surface area contributed by atoms with Crippen molar-refractivity contribution in [2.24, 2.45) is 0 Å². The van der Waals surface area contributed by atoms with E-state index >= 15 is 0 Å². The van der Waals surface area contributed by atoms with Crippen LogP contribution in [-0.2, 0) is 11.3 Å². The van der Waals surface area contributed by atoms with E-state index in [0.717, 1.165) is 5.56 Å². The molecule has 3 rings (SSSR count). The Morgan fingerprint density at radius 3 is 2.96 bits per heavy atom. The van der Waals surface area contributed by atoms with Crippen LogP contribution in [0, 0.1) is 6.92 Å². The molecule has 0 fully saturated rings. The molecule has 116 valence electrons. The third kappa shape index (κ3) is 3.70. The normalized spacial score (nSPS) is 10.5. The summed E-state index contributed by atoms with van der Waals surface area (Å²) in [4.78, 5) is 34.4. The monoisotopic (exact) mass is 309 g/mol. The van der Waals surface area contributed by atoms with E-state index in [9.17, 15) is 9.59 Å². The Morgan fingerprint density at radius 1 is 1.35 bits per heavy atom. The lowest BCUT2D eigenvalue weighted by molar-refractivity contribution is -0.116. The van der Waals surface area contributed by atoms with Gasteiger partial charge in [0.1, 0.15) is 12.4 Å². The van der Waals surface area contributed by atoms with Crippen molar-refractivity contribution in [3.8, 4) is 11.4 Å². The van der Waals surface area contributed by atoms with Gasteiger partial charge in [-0.05, 0) is 19.1 Å². The van der Waals surface area contributed by atoms with Crippen LogP contribution in [0.15, 0.2) is 53.8 Å². The van der Waals surface area contributed by atoms with Crippen molar-refractivity contribution in [1.82, 2.24) is 19.5 Å². The summed E-state index contributed by atoms with van der Waals surface area (Å²) in [7, 11) is 0. The second-order valence-corrected chi connectivity index (χ2v) is 5.10. The van der Waals surface area contributed by atoms with Gasteiger partial charge >= 0.3 is 0 Å². The van der Waals surface area contributed by atoms with E-state index in [2.05, 4.69) is 20.3 Å². The Balaban J connectivity index is 1.79. The van der Waals surface area contributed by atoms with Crippen molar-refractivity contribution in [2.45, 2.75) is 13.5 Å². The number of hydrogen-bond donors (Lipinski definition) is 2. The second kappa shape index (κ2) is 6.27. The molecule has 0 aliphatic heterocycles. The van der Waals surface area contributed by atoms with Gasteiger partial charge in [-0.1, -0.05) is 12.1 Å². The van der Waals surface area contributed by atoms with E-state index in [1.165, 1.54) is 6.07 Å². The van der Waals surface area contributed by atoms with Gasteiger partial charge in [-0.2, -0.15) is 0 Å². The van der Waals surface area contributed by atoms with Gasteiger partial charge in [0.05, 0.1) is 6.33 Å². The molecular weight excluding hydrogens is 294 g/mol. The number of carbonyl (C=O) groups excluding carboxylic acids is 1. The highest BCUT2D eigenvalue weighted by Crippen LogP contribution is 2.18. The van der Waals surface area contributed by atoms with Crippen LogP contribution in [0.1, 0.15) is 5.69 Å². The Labute approximate surface area is 132 Å². The fourth-order valence-electron chi connectivity index (χ4n) is 2.21. The summed E-state index contributed by atoms with van der Waals surface area (Å²) < 4.78 is 1.68. The highest BCUT2D eigenvalue weighted by atomic mass is 16.2. The molecular formula is C16H15N5O2. The van der Waals surface area contributed by atoms with Crippen molar-refractivity contribution in [3.63, 3.8) is 0 Å². The summed E-state index contributed by atoms with van der Waals surface area (Å²) in [6.45, 7) is 1.94. The molecule has 0 spiro atoms. The van der Waals surface area contributed by atoms with Gasteiger partial charge < -0.3 is 14.9 Å². The molecule has 7 nitrogen and oxygen atoms in total. The second-order valence-electron chi connectivity index (χ2n) is 5.10. The van der Waals surface area contributed by atoms with Crippen LogP contribution in [-0.4, -0.2) is 25.4 Å². The minimum absolute atomic E-state index is 0.161. The molecule has 3 aromatic rings. The van der Waals surface area contributed by atoms with Crippen LogP contribution in [0.25, 0.3) is 11.4 Å². The Bertz CT molecular complexity index is 883. The molecule has 23 heavy (non-hydrogen) atoms. The number of aryl methyl sites for hydroxylation is 1. The number of aromatic amines is 1. The fourth-order valence-corrected chi connectivity index (χ4v) is 2.21. The summed E-state index contributed by atoms with van der Waals surface area (Å²) >= 11 is 0. The van der Waals surface area contributed by atoms with Crippen molar-refractivity contribution in [3.05, 3.63) is 65.1 Å². The smallest absolute Gasteiger partial charge is 0.251 e. The zero-order valence-corrected chi connectivity index (χ0v) is 12.5. The summed E-state index contributed by atoms with van der Waals surface area (Å²) in [6.07, 6.45) is 4.92. The Morgan fingerprint density at radius 2 is 2.22 bits per heavy atom. The SMILES string of the molecule is Cc1cc(=O)[nH]c(-c2cccc(NC(=O)Cn3ccnc3)c2)n1. The predicted molar refractivity (Wildman–Crippen MR) is 85.9 cm³/mol. The lowest BCUT2D eigenvalue weighted by Gasteiger charge is -2.08. The summed E-state index contributed by atoms with van der Waals surface area (Å²) in [5.74, 6) is 0.312. The van der Waals surface area contributed by atoms with E-state index in [4.69, 9.17) is 0 Å². The molecule has 7 heteroatoms. The number of amides is 1. The first kappa shape index (κ1) is 14.7. The standard InChI is InChI=1S/C16H15N5O2/c1-11-7-14(22)20-16(18-11)12-3-2-4-13(8-12)19-15(23)9-21-6-5-17-10-21/h2-8,10H,9H2,1H3,(H,19,23)(H,18,20,22). The summed E-state index contributed by atoms with van der Waals surface area (Å²) in [5, 5.41) is 2.81. The van der Waals surface area contributed by atoms with Gasteiger partial charge in [-0.3, -0.25) is 9.59 Å². The topological polar surface area (TPSA) is 92.7 Å². The molecule has 0 aliphatic carbocycles. The van der Waals surface area contributed by atoms with Crippen LogP contribution in [0.5, 0.6) is 0 Å². The van der Waals surface area contributed by atoms with Gasteiger partial charge in [0.25, 0.3) is 5.56 Å². The molecule has 2 N–H and O–H groups in total. The maximum Gasteiger partial charge on any atom is 0.251 e. The maximum absolute atomic E-state index is 12.0. The number of nitrogens with one attached hydrogen (secondary N) is 2. The van der Waals surface area contributed by atoms with Crippen LogP contribution in [0.3, 0.4) is 0 Å². The fraction of sp³-hybridized carbons (Fsp3) is 0.125. The van der Waals surface area contributed by atoms with Crippen LogP contribution >= 0.6 is 0 Å². The molecule has 0 bridgehead atoms. The third-order valence-corrected chi connectivity index (χ3v) is 3.17. The average Bonchev–Trinajstić information content (AvgIpc) is 2.99. The van der Waals surface area contributed by atoms with E-state index in [-0.39, 0.29) is 18.0 Å². The molecule has 0 atom stereocenters. The molecule has 1 amide bonds. The van der Waals surface area contributed by atoms with E-state index in [0.29, 0.717) is 17.2 Å². The van der Waals surface area contributed by atoms with Crippen LogP contribution in [0.4, 0.5) is 5.69 Å². The number of nitrogens with zero attached hydrogens (tertiary/aromatic N) is 3. The number of hydrogen-bond acceptors (Lipinski definition) is 4. The zero-order chi connectivity index (χ0) is 16.2. The highest BCUT2D eigenvalue weighted by Gasteiger charge is 2.06. The molecule has 1 aromatic carbocycles. The minimum Gasteiger partial charge on any atom is -0.328 e. The molecule has 0 aliphatic rings. The van der Waals surface area contributed by atoms with Crippen LogP contribution < -0.4 is 10.9 Å². The van der Waals surface area contributed by atoms with Crippen molar-refractivity contribution in [2.75, 3.05) is 5.32 Å². The minimum atomic E-state index is -0.206. The van der Waals surface area contributed by atoms with Gasteiger partial charge in [-0.25, -0.2) is 9.97 Å². The van der Waals surface area contributed by atoms with Gasteiger partial charge in [0, 0.05) is 35.4 Å². The number of carbonyl (C=O) groups is 1. The number of aromatic nitrogens is 4. The van der Waals surface area contributed by atoms with Crippen molar-refractivity contribution in [1.29, 1.82) is 0 Å².